The van der Waals surface area contributed by atoms with Gasteiger partial charge in [0.25, 0.3) is 5.91 Å². The second-order valence-corrected chi connectivity index (χ2v) is 4.13. The smallest absolute Gasteiger partial charge is 0.281 e. The van der Waals surface area contributed by atoms with Crippen LogP contribution in [0.5, 0.6) is 5.75 Å². The summed E-state index contributed by atoms with van der Waals surface area (Å²) >= 11 is 0. The Morgan fingerprint density at radius 3 is 2.83 bits per heavy atom. The number of carbonyl (C=O) groups is 1. The van der Waals surface area contributed by atoms with Crippen molar-refractivity contribution >= 4 is 5.91 Å². The van der Waals surface area contributed by atoms with Gasteiger partial charge in [-0.25, -0.2) is 5.48 Å². The minimum absolute atomic E-state index is 0.184. The second-order valence-electron chi connectivity index (χ2n) is 4.13. The van der Waals surface area contributed by atoms with E-state index in [1.54, 1.807) is 24.3 Å². The molecule has 5 nitrogen and oxygen atoms in total. The Hall–Kier alpha value is -2.06. The molecule has 0 aliphatic carbocycles. The maximum atomic E-state index is 11.4. The highest BCUT2D eigenvalue weighted by molar-refractivity contribution is 5.76. The van der Waals surface area contributed by atoms with Gasteiger partial charge in [0, 0.05) is 0 Å². The van der Waals surface area contributed by atoms with E-state index in [4.69, 9.17) is 14.8 Å². The fourth-order valence-electron chi connectivity index (χ4n) is 1.15. The molecule has 1 rings (SSSR count). The molecular weight excluding hydrogens is 232 g/mol. The summed E-state index contributed by atoms with van der Waals surface area (Å²) in [5.41, 5.74) is 2.67. The van der Waals surface area contributed by atoms with E-state index in [9.17, 15) is 4.79 Å². The Morgan fingerprint density at radius 1 is 1.44 bits per heavy atom. The second kappa shape index (κ2) is 7.30. The number of hydroxylamine groups is 1. The van der Waals surface area contributed by atoms with E-state index in [-0.39, 0.29) is 12.5 Å². The normalized spacial score (nSPS) is 9.89. The number of hydrogen-bond donors (Lipinski definition) is 1. The summed E-state index contributed by atoms with van der Waals surface area (Å²) in [6.07, 6.45) is 0. The molecule has 0 saturated carbocycles. The van der Waals surface area contributed by atoms with Crippen LogP contribution >= 0.6 is 0 Å². The lowest BCUT2D eigenvalue weighted by molar-refractivity contribution is -0.136. The average molecular weight is 248 g/mol. The van der Waals surface area contributed by atoms with E-state index in [1.807, 2.05) is 19.9 Å². The standard InChI is InChI=1S/C13H16N2O3/c1-10(2)8-18-15-13(16)9-17-12-6-4-3-5-11(12)7-14/h3-6,10H,8-9H2,1-2H3,(H,15,16). The van der Waals surface area contributed by atoms with Crippen molar-refractivity contribution in [3.63, 3.8) is 0 Å². The van der Waals surface area contributed by atoms with E-state index in [2.05, 4.69) is 5.48 Å². The van der Waals surface area contributed by atoms with E-state index >= 15 is 0 Å². The monoisotopic (exact) mass is 248 g/mol. The molecule has 0 radical (unpaired) electrons. The van der Waals surface area contributed by atoms with Gasteiger partial charge in [0.1, 0.15) is 11.8 Å². The number of nitriles is 1. The zero-order valence-corrected chi connectivity index (χ0v) is 10.5. The topological polar surface area (TPSA) is 71.3 Å². The van der Waals surface area contributed by atoms with E-state index < -0.39 is 0 Å². The molecule has 0 spiro atoms. The van der Waals surface area contributed by atoms with Crippen LogP contribution in [-0.2, 0) is 9.63 Å². The first kappa shape index (κ1) is 14.0. The molecule has 18 heavy (non-hydrogen) atoms. The molecule has 1 aromatic carbocycles. The quantitative estimate of drug-likeness (QED) is 0.777. The maximum Gasteiger partial charge on any atom is 0.281 e. The van der Waals surface area contributed by atoms with Crippen LogP contribution in [0.1, 0.15) is 19.4 Å². The van der Waals surface area contributed by atoms with E-state index in [1.165, 1.54) is 0 Å². The van der Waals surface area contributed by atoms with Crippen molar-refractivity contribution in [1.82, 2.24) is 5.48 Å². The molecule has 0 saturated heterocycles. The largest absolute Gasteiger partial charge is 0.482 e. The van der Waals surface area contributed by atoms with Gasteiger partial charge in [-0.05, 0) is 18.1 Å². The number of benzene rings is 1. The fourth-order valence-corrected chi connectivity index (χ4v) is 1.15. The van der Waals surface area contributed by atoms with Crippen molar-refractivity contribution in [2.24, 2.45) is 5.92 Å². The molecule has 0 fully saturated rings. The summed E-state index contributed by atoms with van der Waals surface area (Å²) in [6, 6.07) is 8.73. The number of hydrogen-bond acceptors (Lipinski definition) is 4. The molecule has 1 amide bonds. The number of nitrogens with one attached hydrogen (secondary N) is 1. The van der Waals surface area contributed by atoms with Gasteiger partial charge in [0.2, 0.25) is 0 Å². The summed E-state index contributed by atoms with van der Waals surface area (Å²) < 4.78 is 5.23. The molecule has 1 N–H and O–H groups in total. The zero-order valence-electron chi connectivity index (χ0n) is 10.5. The zero-order chi connectivity index (χ0) is 13.4. The number of para-hydroxylation sites is 1. The third-order valence-electron chi connectivity index (χ3n) is 1.97. The third kappa shape index (κ3) is 4.85. The Balaban J connectivity index is 2.36. The Morgan fingerprint density at radius 2 is 2.17 bits per heavy atom. The van der Waals surface area contributed by atoms with Crippen LogP contribution in [0.25, 0.3) is 0 Å². The lowest BCUT2D eigenvalue weighted by atomic mass is 10.2. The van der Waals surface area contributed by atoms with E-state index in [0.717, 1.165) is 0 Å². The van der Waals surface area contributed by atoms with Gasteiger partial charge in [-0.3, -0.25) is 9.63 Å². The minimum atomic E-state index is -0.386. The van der Waals surface area contributed by atoms with Crippen molar-refractivity contribution < 1.29 is 14.4 Å². The molecule has 0 aromatic heterocycles. The molecule has 1 aromatic rings. The van der Waals surface area contributed by atoms with Crippen LogP contribution in [0.4, 0.5) is 0 Å². The SMILES string of the molecule is CC(C)CONC(=O)COc1ccccc1C#N. The number of rotatable bonds is 6. The molecule has 0 aliphatic heterocycles. The minimum Gasteiger partial charge on any atom is -0.482 e. The number of nitrogens with zero attached hydrogens (tertiary/aromatic N) is 1. The number of carbonyl (C=O) groups excluding carboxylic acids is 1. The summed E-state index contributed by atoms with van der Waals surface area (Å²) in [4.78, 5) is 16.3. The van der Waals surface area contributed by atoms with Gasteiger partial charge >= 0.3 is 0 Å². The summed E-state index contributed by atoms with van der Waals surface area (Å²) in [5.74, 6) is 0.341. The van der Waals surface area contributed by atoms with E-state index in [0.29, 0.717) is 23.8 Å². The van der Waals surface area contributed by atoms with Crippen LogP contribution < -0.4 is 10.2 Å². The molecule has 0 atom stereocenters. The van der Waals surface area contributed by atoms with Gasteiger partial charge in [0.05, 0.1) is 12.2 Å². The molecule has 0 unspecified atom stereocenters. The highest BCUT2D eigenvalue weighted by atomic mass is 16.7. The summed E-state index contributed by atoms with van der Waals surface area (Å²) in [6.45, 7) is 4.22. The predicted octanol–water partition coefficient (Wildman–Crippen LogP) is 1.64. The van der Waals surface area contributed by atoms with Crippen molar-refractivity contribution in [3.8, 4) is 11.8 Å². The van der Waals surface area contributed by atoms with Gasteiger partial charge in [0.15, 0.2) is 6.61 Å². The molecular formula is C13H16N2O3. The van der Waals surface area contributed by atoms with Crippen LogP contribution in [0, 0.1) is 17.2 Å². The van der Waals surface area contributed by atoms with Gasteiger partial charge in [-0.15, -0.1) is 0 Å². The predicted molar refractivity (Wildman–Crippen MR) is 65.6 cm³/mol. The van der Waals surface area contributed by atoms with Crippen LogP contribution in [0.15, 0.2) is 24.3 Å². The summed E-state index contributed by atoms with van der Waals surface area (Å²) in [5, 5.41) is 8.83. The molecule has 0 aliphatic rings. The average Bonchev–Trinajstić information content (AvgIpc) is 2.36. The van der Waals surface area contributed by atoms with Crippen LogP contribution in [0.3, 0.4) is 0 Å². The van der Waals surface area contributed by atoms with Crippen molar-refractivity contribution in [2.45, 2.75) is 13.8 Å². The fraction of sp³-hybridized carbons (Fsp3) is 0.385. The van der Waals surface area contributed by atoms with Crippen LogP contribution in [0.2, 0.25) is 0 Å². The maximum absolute atomic E-state index is 11.4. The molecule has 0 heterocycles. The van der Waals surface area contributed by atoms with Crippen LogP contribution in [-0.4, -0.2) is 19.1 Å². The first-order valence-corrected chi connectivity index (χ1v) is 5.66. The van der Waals surface area contributed by atoms with Gasteiger partial charge in [-0.2, -0.15) is 5.26 Å². The Bertz CT molecular complexity index is 438. The number of amides is 1. The molecule has 96 valence electrons. The lowest BCUT2D eigenvalue weighted by Crippen LogP contribution is -2.30. The van der Waals surface area contributed by atoms with Crippen molar-refractivity contribution in [2.75, 3.05) is 13.2 Å². The molecule has 0 bridgehead atoms. The first-order chi connectivity index (χ1) is 8.63. The van der Waals surface area contributed by atoms with Gasteiger partial charge < -0.3 is 4.74 Å². The van der Waals surface area contributed by atoms with Crippen molar-refractivity contribution in [3.05, 3.63) is 29.8 Å². The molecule has 5 heteroatoms. The highest BCUT2D eigenvalue weighted by Crippen LogP contribution is 2.15. The Kier molecular flexibility index (Phi) is 5.68. The Labute approximate surface area is 106 Å². The summed E-state index contributed by atoms with van der Waals surface area (Å²) in [7, 11) is 0. The first-order valence-electron chi connectivity index (χ1n) is 5.66. The van der Waals surface area contributed by atoms with Crippen molar-refractivity contribution in [1.29, 1.82) is 5.26 Å². The third-order valence-corrected chi connectivity index (χ3v) is 1.97. The number of ether oxygens (including phenoxy) is 1. The highest BCUT2D eigenvalue weighted by Gasteiger charge is 2.06. The lowest BCUT2D eigenvalue weighted by Gasteiger charge is -2.09. The van der Waals surface area contributed by atoms with Gasteiger partial charge in [-0.1, -0.05) is 26.0 Å².